The standard InChI is InChI=1S/C11H14N4/c1-12-8-7-11-14-13-9-15(11)10-5-3-2-4-6-10/h2-6,9,12H,7-8H2,1H3. The van der Waals surface area contributed by atoms with Gasteiger partial charge in [-0.2, -0.15) is 0 Å². The lowest BCUT2D eigenvalue weighted by molar-refractivity contribution is 0.740. The SMILES string of the molecule is CNCCc1nncn1-c1ccccc1. The van der Waals surface area contributed by atoms with Gasteiger partial charge in [0.15, 0.2) is 0 Å². The summed E-state index contributed by atoms with van der Waals surface area (Å²) in [6.45, 7) is 0.908. The first-order valence-electron chi connectivity index (χ1n) is 5.01. The Labute approximate surface area is 89.0 Å². The predicted molar refractivity (Wildman–Crippen MR) is 59.0 cm³/mol. The highest BCUT2D eigenvalue weighted by Gasteiger charge is 2.04. The zero-order valence-corrected chi connectivity index (χ0v) is 8.72. The van der Waals surface area contributed by atoms with Crippen LogP contribution in [-0.2, 0) is 6.42 Å². The molecule has 1 heterocycles. The van der Waals surface area contributed by atoms with Crippen molar-refractivity contribution < 1.29 is 0 Å². The molecule has 0 fully saturated rings. The predicted octanol–water partition coefficient (Wildman–Crippen LogP) is 1.03. The van der Waals surface area contributed by atoms with Crippen LogP contribution in [0.15, 0.2) is 36.7 Å². The molecule has 0 saturated heterocycles. The summed E-state index contributed by atoms with van der Waals surface area (Å²) in [6, 6.07) is 10.1. The second-order valence-electron chi connectivity index (χ2n) is 3.31. The highest BCUT2D eigenvalue weighted by atomic mass is 15.3. The molecule has 0 aliphatic carbocycles. The molecule has 0 unspecified atom stereocenters. The molecule has 0 aliphatic heterocycles. The Bertz CT molecular complexity index is 408. The van der Waals surface area contributed by atoms with E-state index in [1.807, 2.05) is 41.9 Å². The van der Waals surface area contributed by atoms with E-state index >= 15 is 0 Å². The first-order chi connectivity index (χ1) is 7.42. The van der Waals surface area contributed by atoms with Crippen molar-refractivity contribution in [1.29, 1.82) is 0 Å². The smallest absolute Gasteiger partial charge is 0.138 e. The van der Waals surface area contributed by atoms with Crippen molar-refractivity contribution in [2.24, 2.45) is 0 Å². The van der Waals surface area contributed by atoms with E-state index in [0.29, 0.717) is 0 Å². The highest BCUT2D eigenvalue weighted by molar-refractivity contribution is 5.31. The molecule has 0 saturated carbocycles. The summed E-state index contributed by atoms with van der Waals surface area (Å²) in [5, 5.41) is 11.1. The molecule has 0 spiro atoms. The number of hydrogen-bond donors (Lipinski definition) is 1. The average Bonchev–Trinajstić information content (AvgIpc) is 2.75. The molecule has 0 aliphatic rings. The minimum Gasteiger partial charge on any atom is -0.319 e. The van der Waals surface area contributed by atoms with Crippen LogP contribution < -0.4 is 5.32 Å². The number of benzene rings is 1. The van der Waals surface area contributed by atoms with Crippen molar-refractivity contribution in [3.05, 3.63) is 42.5 Å². The van der Waals surface area contributed by atoms with Crippen molar-refractivity contribution in [1.82, 2.24) is 20.1 Å². The summed E-state index contributed by atoms with van der Waals surface area (Å²) >= 11 is 0. The molecule has 1 aromatic carbocycles. The van der Waals surface area contributed by atoms with Gasteiger partial charge in [0.1, 0.15) is 12.2 Å². The molecule has 0 amide bonds. The summed E-state index contributed by atoms with van der Waals surface area (Å²) < 4.78 is 2.01. The van der Waals surface area contributed by atoms with Crippen LogP contribution in [0.25, 0.3) is 5.69 Å². The van der Waals surface area contributed by atoms with Gasteiger partial charge in [0.25, 0.3) is 0 Å². The van der Waals surface area contributed by atoms with Gasteiger partial charge in [0, 0.05) is 18.7 Å². The molecule has 4 nitrogen and oxygen atoms in total. The van der Waals surface area contributed by atoms with Crippen molar-refractivity contribution in [2.45, 2.75) is 6.42 Å². The third-order valence-electron chi connectivity index (χ3n) is 2.25. The van der Waals surface area contributed by atoms with E-state index in [9.17, 15) is 0 Å². The van der Waals surface area contributed by atoms with Crippen LogP contribution in [0.4, 0.5) is 0 Å². The van der Waals surface area contributed by atoms with E-state index in [2.05, 4.69) is 15.5 Å². The summed E-state index contributed by atoms with van der Waals surface area (Å²) in [7, 11) is 1.93. The molecule has 0 radical (unpaired) electrons. The lowest BCUT2D eigenvalue weighted by Crippen LogP contribution is -2.13. The van der Waals surface area contributed by atoms with E-state index in [1.165, 1.54) is 0 Å². The Morgan fingerprint density at radius 2 is 2.07 bits per heavy atom. The quantitative estimate of drug-likeness (QED) is 0.805. The van der Waals surface area contributed by atoms with Gasteiger partial charge >= 0.3 is 0 Å². The summed E-state index contributed by atoms with van der Waals surface area (Å²) in [5.41, 5.74) is 1.11. The minimum atomic E-state index is 0.880. The number of likely N-dealkylation sites (N-methyl/N-ethyl adjacent to an activating group) is 1. The minimum absolute atomic E-state index is 0.880. The van der Waals surface area contributed by atoms with Crippen LogP contribution in [0.5, 0.6) is 0 Å². The first-order valence-corrected chi connectivity index (χ1v) is 5.01. The Morgan fingerprint density at radius 1 is 1.27 bits per heavy atom. The fraction of sp³-hybridized carbons (Fsp3) is 0.273. The third-order valence-corrected chi connectivity index (χ3v) is 2.25. The summed E-state index contributed by atoms with van der Waals surface area (Å²) in [6.07, 6.45) is 2.63. The Hall–Kier alpha value is -1.68. The molecule has 1 aromatic heterocycles. The van der Waals surface area contributed by atoms with Gasteiger partial charge < -0.3 is 5.32 Å². The van der Waals surface area contributed by atoms with Crippen LogP contribution in [0, 0.1) is 0 Å². The number of nitrogens with zero attached hydrogens (tertiary/aromatic N) is 3. The van der Waals surface area contributed by atoms with Gasteiger partial charge in [-0.3, -0.25) is 4.57 Å². The maximum absolute atomic E-state index is 4.10. The van der Waals surface area contributed by atoms with Gasteiger partial charge in [-0.05, 0) is 19.2 Å². The van der Waals surface area contributed by atoms with E-state index in [-0.39, 0.29) is 0 Å². The zero-order chi connectivity index (χ0) is 10.5. The van der Waals surface area contributed by atoms with Gasteiger partial charge in [-0.15, -0.1) is 10.2 Å². The number of rotatable bonds is 4. The Balaban J connectivity index is 2.25. The molecular formula is C11H14N4. The fourth-order valence-electron chi connectivity index (χ4n) is 1.47. The maximum atomic E-state index is 4.10. The lowest BCUT2D eigenvalue weighted by Gasteiger charge is -2.05. The van der Waals surface area contributed by atoms with Gasteiger partial charge in [-0.25, -0.2) is 0 Å². The molecule has 78 valence electrons. The third kappa shape index (κ3) is 2.22. The van der Waals surface area contributed by atoms with Crippen molar-refractivity contribution in [3.8, 4) is 5.69 Å². The van der Waals surface area contributed by atoms with E-state index in [1.54, 1.807) is 6.33 Å². The van der Waals surface area contributed by atoms with E-state index in [4.69, 9.17) is 0 Å². The number of hydrogen-bond acceptors (Lipinski definition) is 3. The number of nitrogens with one attached hydrogen (secondary N) is 1. The largest absolute Gasteiger partial charge is 0.319 e. The Morgan fingerprint density at radius 3 is 2.80 bits per heavy atom. The van der Waals surface area contributed by atoms with Crippen molar-refractivity contribution in [3.63, 3.8) is 0 Å². The average molecular weight is 202 g/mol. The van der Waals surface area contributed by atoms with Crippen molar-refractivity contribution in [2.75, 3.05) is 13.6 Å². The fourth-order valence-corrected chi connectivity index (χ4v) is 1.47. The van der Waals surface area contributed by atoms with Crippen LogP contribution in [0.1, 0.15) is 5.82 Å². The Kier molecular flexibility index (Phi) is 3.09. The normalized spacial score (nSPS) is 10.5. The molecular weight excluding hydrogens is 188 g/mol. The van der Waals surface area contributed by atoms with Gasteiger partial charge in [0.05, 0.1) is 0 Å². The van der Waals surface area contributed by atoms with E-state index < -0.39 is 0 Å². The van der Waals surface area contributed by atoms with Crippen LogP contribution in [-0.4, -0.2) is 28.4 Å². The molecule has 2 aromatic rings. The first kappa shape index (κ1) is 9.86. The summed E-state index contributed by atoms with van der Waals surface area (Å²) in [5.74, 6) is 0.982. The second-order valence-corrected chi connectivity index (χ2v) is 3.31. The molecule has 0 atom stereocenters. The molecule has 2 rings (SSSR count). The molecule has 4 heteroatoms. The van der Waals surface area contributed by atoms with Gasteiger partial charge in [-0.1, -0.05) is 18.2 Å². The second kappa shape index (κ2) is 4.70. The van der Waals surface area contributed by atoms with Crippen LogP contribution >= 0.6 is 0 Å². The topological polar surface area (TPSA) is 42.7 Å². The number of para-hydroxylation sites is 1. The maximum Gasteiger partial charge on any atom is 0.138 e. The van der Waals surface area contributed by atoms with Crippen LogP contribution in [0.2, 0.25) is 0 Å². The van der Waals surface area contributed by atoms with E-state index in [0.717, 1.165) is 24.5 Å². The molecule has 1 N–H and O–H groups in total. The molecule has 0 bridgehead atoms. The lowest BCUT2D eigenvalue weighted by atomic mass is 10.3. The monoisotopic (exact) mass is 202 g/mol. The summed E-state index contributed by atoms with van der Waals surface area (Å²) in [4.78, 5) is 0. The zero-order valence-electron chi connectivity index (χ0n) is 8.72. The molecule has 15 heavy (non-hydrogen) atoms. The van der Waals surface area contributed by atoms with Crippen LogP contribution in [0.3, 0.4) is 0 Å². The number of aromatic nitrogens is 3. The van der Waals surface area contributed by atoms with Gasteiger partial charge in [0.2, 0.25) is 0 Å². The van der Waals surface area contributed by atoms with Crippen molar-refractivity contribution >= 4 is 0 Å². The highest BCUT2D eigenvalue weighted by Crippen LogP contribution is 2.08.